The van der Waals surface area contributed by atoms with E-state index in [9.17, 15) is 13.2 Å². The van der Waals surface area contributed by atoms with Crippen molar-refractivity contribution in [1.82, 2.24) is 4.72 Å². The summed E-state index contributed by atoms with van der Waals surface area (Å²) in [6, 6.07) is 6.49. The normalized spacial score (nSPS) is 19.5. The summed E-state index contributed by atoms with van der Waals surface area (Å²) in [7, 11) is -2.08. The molecule has 1 atom stereocenters. The number of carboxylic acid groups (broad SMARTS) is 1. The van der Waals surface area contributed by atoms with Gasteiger partial charge in [0.2, 0.25) is 10.0 Å². The van der Waals surface area contributed by atoms with Gasteiger partial charge < -0.3 is 14.7 Å². The summed E-state index contributed by atoms with van der Waals surface area (Å²) in [6.45, 7) is 1.58. The van der Waals surface area contributed by atoms with Crippen LogP contribution < -0.4 is 9.62 Å². The summed E-state index contributed by atoms with van der Waals surface area (Å²) in [5.74, 6) is -0.891. The molecule has 21 heavy (non-hydrogen) atoms. The molecule has 1 heterocycles. The Morgan fingerprint density at radius 2 is 2.10 bits per heavy atom. The van der Waals surface area contributed by atoms with Gasteiger partial charge in [-0.3, -0.25) is 4.79 Å². The SMILES string of the molecule is CNS(=O)(=O)c1ccc(N2CCOC(CC(=O)O)C2)cc1. The first-order valence-electron chi connectivity index (χ1n) is 6.54. The van der Waals surface area contributed by atoms with Crippen LogP contribution in [-0.2, 0) is 19.6 Å². The predicted molar refractivity (Wildman–Crippen MR) is 76.9 cm³/mol. The van der Waals surface area contributed by atoms with Crippen molar-refractivity contribution in [2.24, 2.45) is 0 Å². The van der Waals surface area contributed by atoms with E-state index in [2.05, 4.69) is 4.72 Å². The van der Waals surface area contributed by atoms with Gasteiger partial charge in [0.15, 0.2) is 0 Å². The number of sulfonamides is 1. The molecule has 0 amide bonds. The lowest BCUT2D eigenvalue weighted by Crippen LogP contribution is -2.43. The zero-order valence-corrected chi connectivity index (χ0v) is 12.5. The number of aliphatic carboxylic acids is 1. The van der Waals surface area contributed by atoms with Gasteiger partial charge in [0.1, 0.15) is 0 Å². The van der Waals surface area contributed by atoms with Gasteiger partial charge in [-0.05, 0) is 31.3 Å². The highest BCUT2D eigenvalue weighted by Crippen LogP contribution is 2.21. The van der Waals surface area contributed by atoms with Crippen LogP contribution >= 0.6 is 0 Å². The number of carboxylic acids is 1. The van der Waals surface area contributed by atoms with Crippen molar-refractivity contribution in [3.63, 3.8) is 0 Å². The van der Waals surface area contributed by atoms with E-state index in [1.54, 1.807) is 12.1 Å². The molecule has 116 valence electrons. The van der Waals surface area contributed by atoms with Crippen molar-refractivity contribution in [3.05, 3.63) is 24.3 Å². The van der Waals surface area contributed by atoms with Gasteiger partial charge in [-0.25, -0.2) is 13.1 Å². The Balaban J connectivity index is 2.10. The van der Waals surface area contributed by atoms with E-state index in [0.717, 1.165) is 5.69 Å². The lowest BCUT2D eigenvalue weighted by molar-refractivity contribution is -0.140. The van der Waals surface area contributed by atoms with E-state index < -0.39 is 16.0 Å². The molecule has 0 spiro atoms. The number of benzene rings is 1. The standard InChI is InChI=1S/C13H18N2O5S/c1-14-21(18,19)12-4-2-10(3-5-12)15-6-7-20-11(9-15)8-13(16)17/h2-5,11,14H,6-9H2,1H3,(H,16,17). The Kier molecular flexibility index (Phi) is 4.81. The molecule has 0 aromatic heterocycles. The lowest BCUT2D eigenvalue weighted by Gasteiger charge is -2.34. The minimum Gasteiger partial charge on any atom is -0.481 e. The van der Waals surface area contributed by atoms with Gasteiger partial charge >= 0.3 is 5.97 Å². The van der Waals surface area contributed by atoms with E-state index >= 15 is 0 Å². The largest absolute Gasteiger partial charge is 0.481 e. The molecule has 0 aliphatic carbocycles. The van der Waals surface area contributed by atoms with Crippen molar-refractivity contribution in [3.8, 4) is 0 Å². The van der Waals surface area contributed by atoms with Gasteiger partial charge in [-0.15, -0.1) is 0 Å². The number of ether oxygens (including phenoxy) is 1. The summed E-state index contributed by atoms with van der Waals surface area (Å²) in [6.07, 6.45) is -0.389. The Morgan fingerprint density at radius 1 is 1.43 bits per heavy atom. The van der Waals surface area contributed by atoms with Gasteiger partial charge in [0, 0.05) is 18.8 Å². The average molecular weight is 314 g/mol. The number of anilines is 1. The zero-order chi connectivity index (χ0) is 15.5. The average Bonchev–Trinajstić information content (AvgIpc) is 2.47. The second-order valence-electron chi connectivity index (χ2n) is 4.74. The molecule has 1 fully saturated rings. The van der Waals surface area contributed by atoms with Crippen LogP contribution in [0.1, 0.15) is 6.42 Å². The molecule has 1 aliphatic rings. The fourth-order valence-corrected chi connectivity index (χ4v) is 2.96. The molecule has 0 radical (unpaired) electrons. The molecular formula is C13H18N2O5S. The molecule has 0 saturated carbocycles. The summed E-state index contributed by atoms with van der Waals surface area (Å²) in [5.41, 5.74) is 0.851. The van der Waals surface area contributed by atoms with Crippen molar-refractivity contribution < 1.29 is 23.1 Å². The molecule has 0 bridgehead atoms. The van der Waals surface area contributed by atoms with Crippen molar-refractivity contribution in [2.45, 2.75) is 17.4 Å². The monoisotopic (exact) mass is 314 g/mol. The maximum atomic E-state index is 11.7. The van der Waals surface area contributed by atoms with Crippen LogP contribution in [0.4, 0.5) is 5.69 Å². The van der Waals surface area contributed by atoms with Crippen LogP contribution in [0, 0.1) is 0 Å². The van der Waals surface area contributed by atoms with Crippen LogP contribution in [0.3, 0.4) is 0 Å². The van der Waals surface area contributed by atoms with Crippen LogP contribution in [0.15, 0.2) is 29.2 Å². The lowest BCUT2D eigenvalue weighted by atomic mass is 10.2. The first-order chi connectivity index (χ1) is 9.92. The van der Waals surface area contributed by atoms with E-state index in [1.165, 1.54) is 19.2 Å². The number of nitrogens with one attached hydrogen (secondary N) is 1. The molecule has 7 nitrogen and oxygen atoms in total. The first kappa shape index (κ1) is 15.7. The number of carbonyl (C=O) groups is 1. The number of hydrogen-bond donors (Lipinski definition) is 2. The Bertz CT molecular complexity index is 599. The van der Waals surface area contributed by atoms with Gasteiger partial charge in [0.25, 0.3) is 0 Å². The van der Waals surface area contributed by atoms with Crippen molar-refractivity contribution >= 4 is 21.7 Å². The van der Waals surface area contributed by atoms with E-state index in [0.29, 0.717) is 19.7 Å². The van der Waals surface area contributed by atoms with Gasteiger partial charge in [-0.1, -0.05) is 0 Å². The quantitative estimate of drug-likeness (QED) is 0.810. The van der Waals surface area contributed by atoms with Crippen molar-refractivity contribution in [1.29, 1.82) is 0 Å². The number of nitrogens with zero attached hydrogens (tertiary/aromatic N) is 1. The Morgan fingerprint density at radius 3 is 2.67 bits per heavy atom. The number of morpholine rings is 1. The third-order valence-corrected chi connectivity index (χ3v) is 4.75. The maximum Gasteiger partial charge on any atom is 0.306 e. The molecule has 1 aromatic rings. The van der Waals surface area contributed by atoms with Crippen molar-refractivity contribution in [2.75, 3.05) is 31.6 Å². The second kappa shape index (κ2) is 6.42. The molecule has 1 unspecified atom stereocenters. The third-order valence-electron chi connectivity index (χ3n) is 3.32. The van der Waals surface area contributed by atoms with Crippen LogP contribution in [0.2, 0.25) is 0 Å². The number of hydrogen-bond acceptors (Lipinski definition) is 5. The topological polar surface area (TPSA) is 95.9 Å². The minimum atomic E-state index is -3.44. The predicted octanol–water partition coefficient (Wildman–Crippen LogP) is 0.275. The van der Waals surface area contributed by atoms with Crippen LogP contribution in [0.5, 0.6) is 0 Å². The Labute approximate surface area is 123 Å². The zero-order valence-electron chi connectivity index (χ0n) is 11.7. The third kappa shape index (κ3) is 3.93. The van der Waals surface area contributed by atoms with E-state index in [1.807, 2.05) is 4.90 Å². The van der Waals surface area contributed by atoms with Crippen LogP contribution in [0.25, 0.3) is 0 Å². The summed E-state index contributed by atoms with van der Waals surface area (Å²) in [4.78, 5) is 12.9. The first-order valence-corrected chi connectivity index (χ1v) is 8.02. The molecule has 2 rings (SSSR count). The van der Waals surface area contributed by atoms with E-state index in [-0.39, 0.29) is 17.4 Å². The maximum absolute atomic E-state index is 11.7. The Hall–Kier alpha value is -1.64. The van der Waals surface area contributed by atoms with Crippen LogP contribution in [-0.4, -0.2) is 52.3 Å². The summed E-state index contributed by atoms with van der Waals surface area (Å²) < 4.78 is 31.0. The molecule has 1 saturated heterocycles. The summed E-state index contributed by atoms with van der Waals surface area (Å²) >= 11 is 0. The van der Waals surface area contributed by atoms with Gasteiger partial charge in [-0.2, -0.15) is 0 Å². The summed E-state index contributed by atoms with van der Waals surface area (Å²) in [5, 5.41) is 8.80. The van der Waals surface area contributed by atoms with E-state index in [4.69, 9.17) is 9.84 Å². The molecule has 1 aromatic carbocycles. The second-order valence-corrected chi connectivity index (χ2v) is 6.62. The van der Waals surface area contributed by atoms with Gasteiger partial charge in [0.05, 0.1) is 24.0 Å². The molecule has 1 aliphatic heterocycles. The molecule has 2 N–H and O–H groups in total. The molecular weight excluding hydrogens is 296 g/mol. The highest BCUT2D eigenvalue weighted by Gasteiger charge is 2.23. The minimum absolute atomic E-state index is 0.0390. The fraction of sp³-hybridized carbons (Fsp3) is 0.462. The highest BCUT2D eigenvalue weighted by molar-refractivity contribution is 7.89. The number of rotatable bonds is 5. The molecule has 8 heteroatoms. The highest BCUT2D eigenvalue weighted by atomic mass is 32.2. The fourth-order valence-electron chi connectivity index (χ4n) is 2.23. The smallest absolute Gasteiger partial charge is 0.306 e.